The molecule has 0 atom stereocenters. The Bertz CT molecular complexity index is 898. The number of aromatic nitrogens is 2. The summed E-state index contributed by atoms with van der Waals surface area (Å²) in [7, 11) is 0. The van der Waals surface area contributed by atoms with E-state index < -0.39 is 17.6 Å². The van der Waals surface area contributed by atoms with Crippen LogP contribution in [0.2, 0.25) is 0 Å². The first-order chi connectivity index (χ1) is 12.4. The highest BCUT2D eigenvalue weighted by atomic mass is 19.4. The predicted octanol–water partition coefficient (Wildman–Crippen LogP) is 4.54. The van der Waals surface area contributed by atoms with Crippen LogP contribution in [0.3, 0.4) is 0 Å². The second-order valence-electron chi connectivity index (χ2n) is 5.20. The molecule has 0 saturated heterocycles. The number of carbonyl (C=O) groups is 1. The lowest BCUT2D eigenvalue weighted by Gasteiger charge is -2.09. The molecule has 1 amide bonds. The van der Waals surface area contributed by atoms with Crippen LogP contribution >= 0.6 is 0 Å². The van der Waals surface area contributed by atoms with Gasteiger partial charge >= 0.3 is 6.18 Å². The number of carbonyl (C=O) groups excluding carboxylic acids is 1. The van der Waals surface area contributed by atoms with E-state index in [4.69, 9.17) is 4.74 Å². The molecule has 0 aliphatic heterocycles. The molecular formula is C18H12F3N3O2. The lowest BCUT2D eigenvalue weighted by Crippen LogP contribution is -2.12. The minimum atomic E-state index is -4.44. The van der Waals surface area contributed by atoms with Crippen LogP contribution in [0.5, 0.6) is 11.6 Å². The number of amides is 1. The van der Waals surface area contributed by atoms with Crippen LogP contribution in [0.15, 0.2) is 67.1 Å². The van der Waals surface area contributed by atoms with Gasteiger partial charge in [0, 0.05) is 29.7 Å². The highest BCUT2D eigenvalue weighted by Crippen LogP contribution is 2.29. The maximum absolute atomic E-state index is 12.6. The number of hydrogen-bond acceptors (Lipinski definition) is 4. The molecule has 0 aliphatic rings. The Morgan fingerprint density at radius 3 is 2.46 bits per heavy atom. The number of nitrogens with zero attached hydrogens (tertiary/aromatic N) is 2. The van der Waals surface area contributed by atoms with Crippen molar-refractivity contribution in [1.29, 1.82) is 0 Å². The van der Waals surface area contributed by atoms with Gasteiger partial charge in [0.2, 0.25) is 5.88 Å². The lowest BCUT2D eigenvalue weighted by molar-refractivity contribution is -0.137. The van der Waals surface area contributed by atoms with Crippen molar-refractivity contribution in [3.05, 3.63) is 78.2 Å². The zero-order valence-corrected chi connectivity index (χ0v) is 13.2. The number of anilines is 1. The van der Waals surface area contributed by atoms with Crippen LogP contribution in [0.1, 0.15) is 15.9 Å². The second-order valence-corrected chi connectivity index (χ2v) is 5.20. The van der Waals surface area contributed by atoms with Gasteiger partial charge in [-0.15, -0.1) is 0 Å². The van der Waals surface area contributed by atoms with Gasteiger partial charge in [-0.05, 0) is 36.4 Å². The highest BCUT2D eigenvalue weighted by Gasteiger charge is 2.30. The van der Waals surface area contributed by atoms with E-state index in [1.807, 2.05) is 0 Å². The third-order valence-electron chi connectivity index (χ3n) is 3.33. The molecule has 0 aliphatic carbocycles. The minimum absolute atomic E-state index is 0.109. The summed E-state index contributed by atoms with van der Waals surface area (Å²) in [5.41, 5.74) is -0.275. The highest BCUT2D eigenvalue weighted by molar-refractivity contribution is 6.04. The number of alkyl halides is 3. The van der Waals surface area contributed by atoms with Crippen molar-refractivity contribution in [2.24, 2.45) is 0 Å². The van der Waals surface area contributed by atoms with Gasteiger partial charge in [-0.3, -0.25) is 9.78 Å². The number of halogens is 3. The zero-order chi connectivity index (χ0) is 18.6. The van der Waals surface area contributed by atoms with E-state index in [-0.39, 0.29) is 5.56 Å². The fraction of sp³-hybridized carbons (Fsp3) is 0.0556. The Morgan fingerprint density at radius 2 is 1.81 bits per heavy atom. The van der Waals surface area contributed by atoms with Crippen LogP contribution in [0.4, 0.5) is 18.9 Å². The molecule has 0 bridgehead atoms. The molecule has 0 unspecified atom stereocenters. The maximum Gasteiger partial charge on any atom is 0.416 e. The van der Waals surface area contributed by atoms with E-state index in [0.717, 1.165) is 24.3 Å². The van der Waals surface area contributed by atoms with E-state index in [1.54, 1.807) is 24.3 Å². The Balaban J connectivity index is 1.70. The van der Waals surface area contributed by atoms with E-state index in [1.165, 1.54) is 18.6 Å². The second kappa shape index (κ2) is 7.22. The van der Waals surface area contributed by atoms with Crippen molar-refractivity contribution in [3.8, 4) is 11.6 Å². The van der Waals surface area contributed by atoms with Crippen molar-refractivity contribution in [3.63, 3.8) is 0 Å². The minimum Gasteiger partial charge on any atom is -0.437 e. The third kappa shape index (κ3) is 4.35. The molecule has 2 aromatic carbocycles. The quantitative estimate of drug-likeness (QED) is 0.743. The Kier molecular flexibility index (Phi) is 4.83. The summed E-state index contributed by atoms with van der Waals surface area (Å²) in [6.45, 7) is 0. The summed E-state index contributed by atoms with van der Waals surface area (Å²) in [6.07, 6.45) is -0.0202. The van der Waals surface area contributed by atoms with E-state index in [9.17, 15) is 18.0 Å². The largest absolute Gasteiger partial charge is 0.437 e. The molecular weight excluding hydrogens is 347 g/mol. The lowest BCUT2D eigenvalue weighted by atomic mass is 10.1. The first kappa shape index (κ1) is 17.4. The van der Waals surface area contributed by atoms with Crippen LogP contribution in [0.25, 0.3) is 0 Å². The first-order valence-electron chi connectivity index (χ1n) is 7.44. The molecule has 3 aromatic rings. The fourth-order valence-electron chi connectivity index (χ4n) is 2.11. The number of hydrogen-bond donors (Lipinski definition) is 1. The predicted molar refractivity (Wildman–Crippen MR) is 87.9 cm³/mol. The van der Waals surface area contributed by atoms with Crippen molar-refractivity contribution < 1.29 is 22.7 Å². The van der Waals surface area contributed by atoms with Gasteiger partial charge in [-0.1, -0.05) is 6.07 Å². The SMILES string of the molecule is O=C(Nc1cccc(Oc2cnccn2)c1)c1ccc(C(F)(F)F)cc1. The molecule has 0 fully saturated rings. The normalized spacial score (nSPS) is 11.0. The Labute approximate surface area is 146 Å². The van der Waals surface area contributed by atoms with Crippen LogP contribution in [-0.4, -0.2) is 15.9 Å². The molecule has 5 nitrogen and oxygen atoms in total. The number of ether oxygens (including phenoxy) is 1. The zero-order valence-electron chi connectivity index (χ0n) is 13.2. The van der Waals surface area contributed by atoms with Gasteiger partial charge in [0.25, 0.3) is 5.91 Å². The fourth-order valence-corrected chi connectivity index (χ4v) is 2.11. The molecule has 26 heavy (non-hydrogen) atoms. The van der Waals surface area contributed by atoms with E-state index in [0.29, 0.717) is 17.3 Å². The smallest absolute Gasteiger partial charge is 0.416 e. The average molecular weight is 359 g/mol. The standard InChI is InChI=1S/C18H12F3N3O2/c19-18(20,21)13-6-4-12(5-7-13)17(25)24-14-2-1-3-15(10-14)26-16-11-22-8-9-23-16/h1-11H,(H,24,25). The Morgan fingerprint density at radius 1 is 1.04 bits per heavy atom. The summed E-state index contributed by atoms with van der Waals surface area (Å²) in [4.78, 5) is 20.0. The van der Waals surface area contributed by atoms with E-state index >= 15 is 0 Å². The molecule has 0 saturated carbocycles. The van der Waals surface area contributed by atoms with Crippen LogP contribution < -0.4 is 10.1 Å². The molecule has 1 aromatic heterocycles. The Hall–Kier alpha value is -3.42. The average Bonchev–Trinajstić information content (AvgIpc) is 2.62. The van der Waals surface area contributed by atoms with Gasteiger partial charge in [0.15, 0.2) is 0 Å². The van der Waals surface area contributed by atoms with Gasteiger partial charge in [-0.2, -0.15) is 13.2 Å². The van der Waals surface area contributed by atoms with Crippen LogP contribution in [0, 0.1) is 0 Å². The summed E-state index contributed by atoms with van der Waals surface area (Å²) < 4.78 is 43.2. The number of rotatable bonds is 4. The summed E-state index contributed by atoms with van der Waals surface area (Å²) in [5, 5.41) is 2.61. The maximum atomic E-state index is 12.6. The molecule has 0 radical (unpaired) electrons. The molecule has 3 rings (SSSR count). The number of benzene rings is 2. The van der Waals surface area contributed by atoms with Gasteiger partial charge < -0.3 is 10.1 Å². The van der Waals surface area contributed by atoms with Crippen molar-refractivity contribution in [2.75, 3.05) is 5.32 Å². The molecule has 1 N–H and O–H groups in total. The molecule has 132 valence electrons. The number of nitrogens with one attached hydrogen (secondary N) is 1. The van der Waals surface area contributed by atoms with Gasteiger partial charge in [0.1, 0.15) is 5.75 Å². The monoisotopic (exact) mass is 359 g/mol. The van der Waals surface area contributed by atoms with Crippen LogP contribution in [-0.2, 0) is 6.18 Å². The molecule has 0 spiro atoms. The summed E-state index contributed by atoms with van der Waals surface area (Å²) in [5.74, 6) is 0.185. The van der Waals surface area contributed by atoms with Crippen molar-refractivity contribution in [2.45, 2.75) is 6.18 Å². The molecule has 1 heterocycles. The third-order valence-corrected chi connectivity index (χ3v) is 3.33. The first-order valence-corrected chi connectivity index (χ1v) is 7.44. The van der Waals surface area contributed by atoms with E-state index in [2.05, 4.69) is 15.3 Å². The van der Waals surface area contributed by atoms with Gasteiger partial charge in [0.05, 0.1) is 11.8 Å². The summed E-state index contributed by atoms with van der Waals surface area (Å²) in [6, 6.07) is 10.5. The topological polar surface area (TPSA) is 64.1 Å². The van der Waals surface area contributed by atoms with Crippen molar-refractivity contribution >= 4 is 11.6 Å². The van der Waals surface area contributed by atoms with Gasteiger partial charge in [-0.25, -0.2) is 4.98 Å². The summed E-state index contributed by atoms with van der Waals surface area (Å²) >= 11 is 0. The molecule has 8 heteroatoms. The van der Waals surface area contributed by atoms with Crippen molar-refractivity contribution in [1.82, 2.24) is 9.97 Å².